The molecule has 3 aliphatic rings. The minimum absolute atomic E-state index is 0.0453. The summed E-state index contributed by atoms with van der Waals surface area (Å²) < 4.78 is 21.4. The van der Waals surface area contributed by atoms with Gasteiger partial charge < -0.3 is 19.7 Å². The van der Waals surface area contributed by atoms with E-state index in [2.05, 4.69) is 31.8 Å². The molecule has 11 heteroatoms. The number of halogens is 1. The fraction of sp³-hybridized carbons (Fsp3) is 0.433. The molecular formula is C30H33FN6O4. The first-order valence-corrected chi connectivity index (χ1v) is 14.1. The number of aromatic nitrogens is 5. The second kappa shape index (κ2) is 10.6. The van der Waals surface area contributed by atoms with Gasteiger partial charge in [0.05, 0.1) is 12.2 Å². The third-order valence-corrected chi connectivity index (χ3v) is 8.82. The summed E-state index contributed by atoms with van der Waals surface area (Å²) in [5.74, 6) is 0.413. The number of fused-ring (bicyclic) bond motifs is 4. The summed E-state index contributed by atoms with van der Waals surface area (Å²) >= 11 is 0. The minimum Gasteiger partial charge on any atom is -0.478 e. The standard InChI is InChI=1S/C30H33FN6O4/c1-2-15-37-23-24(35-28(36-25(23)38)33-16-19-3-6-21(31)7-4-19)34-27(37)30-12-9-29(10-13-30,11-14-30)18-41-22-8-5-20(17-32-22)26(39)40/h3-8,17H,2,9-16,18H2,1H3,(H,39,40)(H2,33,35,36,38). The fourth-order valence-electron chi connectivity index (χ4n) is 6.40. The molecular weight excluding hydrogens is 527 g/mol. The van der Waals surface area contributed by atoms with Crippen molar-refractivity contribution in [1.29, 1.82) is 0 Å². The Balaban J connectivity index is 1.20. The number of hydrogen-bond acceptors (Lipinski definition) is 7. The molecule has 41 heavy (non-hydrogen) atoms. The molecule has 3 fully saturated rings. The molecule has 3 heterocycles. The zero-order chi connectivity index (χ0) is 28.6. The molecule has 0 radical (unpaired) electrons. The van der Waals surface area contributed by atoms with Crippen molar-refractivity contribution in [3.63, 3.8) is 0 Å². The molecule has 2 bridgehead atoms. The predicted octanol–water partition coefficient (Wildman–Crippen LogP) is 5.05. The van der Waals surface area contributed by atoms with Gasteiger partial charge in [-0.1, -0.05) is 19.1 Å². The summed E-state index contributed by atoms with van der Waals surface area (Å²) in [5.41, 5.74) is 1.65. The van der Waals surface area contributed by atoms with Crippen LogP contribution in [0.1, 0.15) is 73.6 Å². The van der Waals surface area contributed by atoms with Gasteiger partial charge in [0.1, 0.15) is 11.6 Å². The van der Waals surface area contributed by atoms with E-state index >= 15 is 0 Å². The van der Waals surface area contributed by atoms with E-state index in [9.17, 15) is 14.0 Å². The van der Waals surface area contributed by atoms with Crippen molar-refractivity contribution in [3.05, 3.63) is 75.7 Å². The number of aromatic amines is 1. The van der Waals surface area contributed by atoms with Gasteiger partial charge in [0.2, 0.25) is 11.8 Å². The van der Waals surface area contributed by atoms with Crippen molar-refractivity contribution < 1.29 is 19.0 Å². The molecule has 0 saturated heterocycles. The van der Waals surface area contributed by atoms with Crippen molar-refractivity contribution in [1.82, 2.24) is 24.5 Å². The van der Waals surface area contributed by atoms with Gasteiger partial charge in [-0.15, -0.1) is 0 Å². The molecule has 3 saturated carbocycles. The summed E-state index contributed by atoms with van der Waals surface area (Å²) in [6, 6.07) is 9.30. The Morgan fingerprint density at radius 2 is 1.83 bits per heavy atom. The van der Waals surface area contributed by atoms with E-state index in [0.717, 1.165) is 56.3 Å². The summed E-state index contributed by atoms with van der Waals surface area (Å²) in [6.45, 7) is 3.71. The quantitative estimate of drug-likeness (QED) is 0.245. The Hall–Kier alpha value is -4.28. The van der Waals surface area contributed by atoms with Gasteiger partial charge in [0.25, 0.3) is 5.56 Å². The number of aryl methyl sites for hydroxylation is 1. The number of carboxylic acid groups (broad SMARTS) is 1. The van der Waals surface area contributed by atoms with Crippen molar-refractivity contribution in [3.8, 4) is 5.88 Å². The van der Waals surface area contributed by atoms with Crippen molar-refractivity contribution >= 4 is 23.1 Å². The number of ether oxygens (including phenoxy) is 1. The third kappa shape index (κ3) is 5.16. The molecule has 3 N–H and O–H groups in total. The minimum atomic E-state index is -1.01. The lowest BCUT2D eigenvalue weighted by Crippen LogP contribution is -2.48. The van der Waals surface area contributed by atoms with Gasteiger partial charge in [-0.2, -0.15) is 4.98 Å². The van der Waals surface area contributed by atoms with Crippen LogP contribution in [-0.4, -0.2) is 42.2 Å². The van der Waals surface area contributed by atoms with Crippen molar-refractivity contribution in [2.75, 3.05) is 11.9 Å². The summed E-state index contributed by atoms with van der Waals surface area (Å²) in [7, 11) is 0. The molecule has 3 aromatic heterocycles. The number of pyridine rings is 1. The molecule has 3 aliphatic carbocycles. The lowest BCUT2D eigenvalue weighted by Gasteiger charge is -2.52. The number of nitrogens with one attached hydrogen (secondary N) is 2. The number of nitrogens with zero attached hydrogens (tertiary/aromatic N) is 4. The zero-order valence-electron chi connectivity index (χ0n) is 23.0. The number of anilines is 1. The van der Waals surface area contributed by atoms with Gasteiger partial charge in [0.15, 0.2) is 11.2 Å². The number of carboxylic acids is 1. The zero-order valence-corrected chi connectivity index (χ0v) is 23.0. The van der Waals surface area contributed by atoms with E-state index in [0.29, 0.717) is 42.7 Å². The van der Waals surface area contributed by atoms with Crippen LogP contribution < -0.4 is 15.6 Å². The van der Waals surface area contributed by atoms with Crippen LogP contribution >= 0.6 is 0 Å². The van der Waals surface area contributed by atoms with E-state index < -0.39 is 5.97 Å². The fourth-order valence-corrected chi connectivity index (χ4v) is 6.40. The van der Waals surface area contributed by atoms with Crippen LogP contribution in [0, 0.1) is 11.2 Å². The number of benzene rings is 1. The number of hydrogen-bond donors (Lipinski definition) is 3. The molecule has 0 unspecified atom stereocenters. The first-order valence-electron chi connectivity index (χ1n) is 14.1. The molecule has 0 atom stereocenters. The molecule has 0 amide bonds. The monoisotopic (exact) mass is 560 g/mol. The highest BCUT2D eigenvalue weighted by atomic mass is 19.1. The highest BCUT2D eigenvalue weighted by Gasteiger charge is 2.52. The van der Waals surface area contributed by atoms with Gasteiger partial charge in [-0.3, -0.25) is 9.78 Å². The Labute approximate surface area is 236 Å². The molecule has 0 aliphatic heterocycles. The Morgan fingerprint density at radius 3 is 2.46 bits per heavy atom. The molecule has 4 aromatic rings. The van der Waals surface area contributed by atoms with E-state index in [-0.39, 0.29) is 27.8 Å². The third-order valence-electron chi connectivity index (χ3n) is 8.82. The number of carbonyl (C=O) groups is 1. The first-order chi connectivity index (χ1) is 19.8. The predicted molar refractivity (Wildman–Crippen MR) is 151 cm³/mol. The molecule has 0 spiro atoms. The van der Waals surface area contributed by atoms with Crippen LogP contribution in [0.2, 0.25) is 0 Å². The van der Waals surface area contributed by atoms with Crippen LogP contribution in [-0.2, 0) is 18.5 Å². The van der Waals surface area contributed by atoms with Gasteiger partial charge >= 0.3 is 5.97 Å². The SMILES string of the molecule is CCCn1c(C23CCC(COc4ccc(C(=O)O)cn4)(CC2)CC3)nc2nc(NCc3ccc(F)cc3)[nH]c(=O)c21. The largest absolute Gasteiger partial charge is 0.478 e. The molecule has 10 nitrogen and oxygen atoms in total. The van der Waals surface area contributed by atoms with Crippen LogP contribution in [0.5, 0.6) is 5.88 Å². The maximum Gasteiger partial charge on any atom is 0.337 e. The van der Waals surface area contributed by atoms with Crippen LogP contribution in [0.15, 0.2) is 47.4 Å². The van der Waals surface area contributed by atoms with Gasteiger partial charge in [-0.05, 0) is 68.7 Å². The summed E-state index contributed by atoms with van der Waals surface area (Å²) in [4.78, 5) is 41.1. The first kappa shape index (κ1) is 26.9. The van der Waals surface area contributed by atoms with Crippen molar-refractivity contribution in [2.45, 2.75) is 70.4 Å². The maximum absolute atomic E-state index is 13.3. The second-order valence-corrected chi connectivity index (χ2v) is 11.4. The summed E-state index contributed by atoms with van der Waals surface area (Å²) in [6.07, 6.45) is 7.95. The number of rotatable bonds is 10. The molecule has 1 aromatic carbocycles. The summed E-state index contributed by atoms with van der Waals surface area (Å²) in [5, 5.41) is 12.2. The van der Waals surface area contributed by atoms with E-state index in [1.807, 2.05) is 0 Å². The lowest BCUT2D eigenvalue weighted by molar-refractivity contribution is -0.00402. The highest BCUT2D eigenvalue weighted by molar-refractivity contribution is 5.87. The number of imidazole rings is 1. The Bertz CT molecular complexity index is 1610. The number of H-pyrrole nitrogens is 1. The normalized spacial score (nSPS) is 21.7. The maximum atomic E-state index is 13.3. The molecule has 214 valence electrons. The molecule has 7 rings (SSSR count). The topological polar surface area (TPSA) is 135 Å². The number of aromatic carboxylic acids is 1. The van der Waals surface area contributed by atoms with Gasteiger partial charge in [0, 0.05) is 36.2 Å². The van der Waals surface area contributed by atoms with E-state index in [1.54, 1.807) is 18.2 Å². The Morgan fingerprint density at radius 1 is 1.10 bits per heavy atom. The van der Waals surface area contributed by atoms with Crippen LogP contribution in [0.25, 0.3) is 11.2 Å². The van der Waals surface area contributed by atoms with Gasteiger partial charge in [-0.25, -0.2) is 19.2 Å². The van der Waals surface area contributed by atoms with E-state index in [4.69, 9.17) is 14.8 Å². The van der Waals surface area contributed by atoms with Crippen LogP contribution in [0.4, 0.5) is 10.3 Å². The van der Waals surface area contributed by atoms with Crippen LogP contribution in [0.3, 0.4) is 0 Å². The van der Waals surface area contributed by atoms with E-state index in [1.165, 1.54) is 24.4 Å². The lowest BCUT2D eigenvalue weighted by atomic mass is 9.53. The second-order valence-electron chi connectivity index (χ2n) is 11.4. The smallest absolute Gasteiger partial charge is 0.337 e. The average Bonchev–Trinajstić information content (AvgIpc) is 3.37. The Kier molecular flexibility index (Phi) is 6.96. The van der Waals surface area contributed by atoms with Crippen molar-refractivity contribution in [2.24, 2.45) is 5.41 Å². The highest BCUT2D eigenvalue weighted by Crippen LogP contribution is 2.57. The average molecular weight is 561 g/mol.